The van der Waals surface area contributed by atoms with E-state index in [0.29, 0.717) is 0 Å². The van der Waals surface area contributed by atoms with Crippen molar-refractivity contribution in [2.75, 3.05) is 4.90 Å². The first-order valence-electron chi connectivity index (χ1n) is 19.5. The van der Waals surface area contributed by atoms with Crippen molar-refractivity contribution in [1.29, 1.82) is 0 Å². The zero-order valence-corrected chi connectivity index (χ0v) is 31.7. The number of anilines is 3. The van der Waals surface area contributed by atoms with Crippen molar-refractivity contribution < 1.29 is 0 Å². The lowest BCUT2D eigenvalue weighted by Gasteiger charge is -2.28. The van der Waals surface area contributed by atoms with Crippen LogP contribution in [-0.2, 0) is 0 Å². The summed E-state index contributed by atoms with van der Waals surface area (Å²) >= 11 is 1.89. The van der Waals surface area contributed by atoms with Crippen LogP contribution in [0.2, 0.25) is 0 Å². The number of para-hydroxylation sites is 1. The summed E-state index contributed by atoms with van der Waals surface area (Å²) < 4.78 is 5.08. The number of fused-ring (bicyclic) bond motifs is 9. The van der Waals surface area contributed by atoms with Crippen molar-refractivity contribution in [1.82, 2.24) is 4.57 Å². The SMILES string of the molecule is c1ccc2cc3c(cc2c1)c1ccccc1n3-c1cc(-c2ccc(N(c3cccc4ccccc34)c3cccc4ccccc34)cc2)c2sc3ccccc3c2c1. The maximum Gasteiger partial charge on any atom is 0.0547 e. The van der Waals surface area contributed by atoms with Gasteiger partial charge in [-0.1, -0.05) is 146 Å². The number of thiophene rings is 1. The predicted molar refractivity (Wildman–Crippen MR) is 246 cm³/mol. The number of aromatic nitrogens is 1. The van der Waals surface area contributed by atoms with E-state index in [2.05, 4.69) is 216 Å². The molecule has 10 aromatic carbocycles. The van der Waals surface area contributed by atoms with Crippen LogP contribution >= 0.6 is 11.3 Å². The maximum absolute atomic E-state index is 2.48. The highest BCUT2D eigenvalue weighted by molar-refractivity contribution is 7.26. The van der Waals surface area contributed by atoms with Crippen LogP contribution < -0.4 is 4.90 Å². The minimum atomic E-state index is 1.12. The first-order valence-corrected chi connectivity index (χ1v) is 20.3. The van der Waals surface area contributed by atoms with Gasteiger partial charge in [0.2, 0.25) is 0 Å². The summed E-state index contributed by atoms with van der Waals surface area (Å²) in [5.74, 6) is 0. The average molecular weight is 743 g/mol. The van der Waals surface area contributed by atoms with E-state index in [0.717, 1.165) is 17.1 Å². The third-order valence-electron chi connectivity index (χ3n) is 11.7. The maximum atomic E-state index is 2.48. The van der Waals surface area contributed by atoms with Crippen molar-refractivity contribution in [3.63, 3.8) is 0 Å². The van der Waals surface area contributed by atoms with Crippen LogP contribution in [0.1, 0.15) is 0 Å². The first kappa shape index (κ1) is 32.1. The highest BCUT2D eigenvalue weighted by Gasteiger charge is 2.20. The molecule has 0 N–H and O–H groups in total. The fourth-order valence-electron chi connectivity index (χ4n) is 9.09. The Balaban J connectivity index is 1.09. The molecule has 2 aromatic heterocycles. The number of benzene rings is 10. The monoisotopic (exact) mass is 742 g/mol. The van der Waals surface area contributed by atoms with Gasteiger partial charge in [0.25, 0.3) is 0 Å². The predicted octanol–water partition coefficient (Wildman–Crippen LogP) is 15.7. The normalized spacial score (nSPS) is 11.9. The molecule has 0 amide bonds. The van der Waals surface area contributed by atoms with E-state index in [-0.39, 0.29) is 0 Å². The molecule has 0 aliphatic heterocycles. The topological polar surface area (TPSA) is 8.17 Å². The Hall–Kier alpha value is -7.20. The molecular formula is C54H34N2S. The lowest BCUT2D eigenvalue weighted by molar-refractivity contribution is 1.19. The second-order valence-corrected chi connectivity index (χ2v) is 16.0. The smallest absolute Gasteiger partial charge is 0.0547 e. The van der Waals surface area contributed by atoms with Crippen molar-refractivity contribution >= 4 is 103 Å². The van der Waals surface area contributed by atoms with Gasteiger partial charge in [0.15, 0.2) is 0 Å². The van der Waals surface area contributed by atoms with Gasteiger partial charge >= 0.3 is 0 Å². The Kier molecular flexibility index (Phi) is 7.13. The molecule has 0 aliphatic rings. The highest BCUT2D eigenvalue weighted by Crippen LogP contribution is 2.46. The van der Waals surface area contributed by atoms with Gasteiger partial charge in [-0.05, 0) is 87.8 Å². The third-order valence-corrected chi connectivity index (χ3v) is 12.9. The Bertz CT molecular complexity index is 3450. The van der Waals surface area contributed by atoms with E-state index >= 15 is 0 Å². The summed E-state index contributed by atoms with van der Waals surface area (Å²) in [6.07, 6.45) is 0. The molecule has 12 rings (SSSR count). The average Bonchev–Trinajstić information content (AvgIpc) is 3.81. The van der Waals surface area contributed by atoms with Crippen LogP contribution in [0.25, 0.3) is 91.1 Å². The Morgan fingerprint density at radius 1 is 0.368 bits per heavy atom. The second kappa shape index (κ2) is 12.7. The zero-order valence-electron chi connectivity index (χ0n) is 30.9. The van der Waals surface area contributed by atoms with Crippen molar-refractivity contribution in [3.8, 4) is 16.8 Å². The van der Waals surface area contributed by atoms with Gasteiger partial charge in [-0.3, -0.25) is 0 Å². The van der Waals surface area contributed by atoms with E-state index in [9.17, 15) is 0 Å². The molecule has 3 heteroatoms. The lowest BCUT2D eigenvalue weighted by Crippen LogP contribution is -2.11. The van der Waals surface area contributed by atoms with Crippen LogP contribution in [-0.4, -0.2) is 4.57 Å². The fraction of sp³-hybridized carbons (Fsp3) is 0. The second-order valence-electron chi connectivity index (χ2n) is 14.9. The van der Waals surface area contributed by atoms with Gasteiger partial charge in [-0.15, -0.1) is 11.3 Å². The van der Waals surface area contributed by atoms with Crippen LogP contribution in [0.3, 0.4) is 0 Å². The number of hydrogen-bond donors (Lipinski definition) is 0. The first-order chi connectivity index (χ1) is 28.3. The molecule has 57 heavy (non-hydrogen) atoms. The molecule has 2 heterocycles. The minimum absolute atomic E-state index is 1.12. The third kappa shape index (κ3) is 5.03. The quantitative estimate of drug-likeness (QED) is 0.170. The molecule has 0 spiro atoms. The molecule has 0 unspecified atom stereocenters. The summed E-state index contributed by atoms with van der Waals surface area (Å²) in [6.45, 7) is 0. The molecule has 0 fully saturated rings. The fourth-order valence-corrected chi connectivity index (χ4v) is 10.3. The Labute approximate surface area is 333 Å². The van der Waals surface area contributed by atoms with Crippen molar-refractivity contribution in [2.24, 2.45) is 0 Å². The van der Waals surface area contributed by atoms with E-state index in [1.807, 2.05) is 11.3 Å². The molecule has 2 nitrogen and oxygen atoms in total. The summed E-state index contributed by atoms with van der Waals surface area (Å²) in [6, 6.07) is 75.8. The standard InChI is InChI=1S/C54H34N2S/c1-2-16-39-32-52-47(31-38(39)15-1)44-21-7-9-23-51(44)56(52)41-33-46(54-48(34-41)45-22-8-10-26-53(45)57-54)37-27-29-40(30-28-37)55(49-24-11-17-35-13-3-5-19-42(35)49)50-25-12-18-36-14-4-6-20-43(36)50/h1-34H. The zero-order chi connectivity index (χ0) is 37.5. The van der Waals surface area contributed by atoms with Gasteiger partial charge < -0.3 is 9.47 Å². The molecule has 0 atom stereocenters. The molecule has 0 aliphatic carbocycles. The Morgan fingerprint density at radius 3 is 1.63 bits per heavy atom. The van der Waals surface area contributed by atoms with Gasteiger partial charge in [0.05, 0.1) is 22.4 Å². The lowest BCUT2D eigenvalue weighted by atomic mass is 10.00. The summed E-state index contributed by atoms with van der Waals surface area (Å²) in [7, 11) is 0. The van der Waals surface area contributed by atoms with Gasteiger partial charge in [-0.25, -0.2) is 0 Å². The minimum Gasteiger partial charge on any atom is -0.309 e. The molecule has 0 saturated heterocycles. The van der Waals surface area contributed by atoms with Gasteiger partial charge in [-0.2, -0.15) is 0 Å². The molecule has 0 bridgehead atoms. The van der Waals surface area contributed by atoms with Crippen molar-refractivity contribution in [2.45, 2.75) is 0 Å². The van der Waals surface area contributed by atoms with E-state index in [1.165, 1.54) is 91.1 Å². The summed E-state index contributed by atoms with van der Waals surface area (Å²) in [5.41, 5.74) is 9.46. The highest BCUT2D eigenvalue weighted by atomic mass is 32.1. The number of rotatable bonds is 5. The van der Waals surface area contributed by atoms with E-state index < -0.39 is 0 Å². The molecule has 266 valence electrons. The molecule has 0 saturated carbocycles. The molecule has 12 aromatic rings. The van der Waals surface area contributed by atoms with E-state index in [4.69, 9.17) is 0 Å². The summed E-state index contributed by atoms with van der Waals surface area (Å²) in [5, 5.41) is 12.5. The van der Waals surface area contributed by atoms with Crippen LogP contribution in [0.4, 0.5) is 17.1 Å². The van der Waals surface area contributed by atoms with Crippen LogP contribution in [0, 0.1) is 0 Å². The van der Waals surface area contributed by atoms with Gasteiger partial charge in [0.1, 0.15) is 0 Å². The van der Waals surface area contributed by atoms with Crippen molar-refractivity contribution in [3.05, 3.63) is 206 Å². The van der Waals surface area contributed by atoms with Crippen LogP contribution in [0.15, 0.2) is 206 Å². The van der Waals surface area contributed by atoms with Gasteiger partial charge in [0, 0.05) is 58.7 Å². The molecular weight excluding hydrogens is 709 g/mol. The number of nitrogens with zero attached hydrogens (tertiary/aromatic N) is 2. The molecule has 0 radical (unpaired) electrons. The van der Waals surface area contributed by atoms with E-state index in [1.54, 1.807) is 0 Å². The number of hydrogen-bond acceptors (Lipinski definition) is 2. The Morgan fingerprint density at radius 2 is 0.930 bits per heavy atom. The van der Waals surface area contributed by atoms with Crippen LogP contribution in [0.5, 0.6) is 0 Å². The summed E-state index contributed by atoms with van der Waals surface area (Å²) in [4.78, 5) is 2.43. The largest absolute Gasteiger partial charge is 0.309 e.